The summed E-state index contributed by atoms with van der Waals surface area (Å²) in [7, 11) is 0. The van der Waals surface area contributed by atoms with Crippen molar-refractivity contribution in [3.05, 3.63) is 24.3 Å². The van der Waals surface area contributed by atoms with Crippen LogP contribution in [0.15, 0.2) is 24.3 Å². The van der Waals surface area contributed by atoms with Gasteiger partial charge in [0.25, 0.3) is 0 Å². The number of amides is 1. The molecule has 0 aliphatic heterocycles. The number of hydrogen-bond donors (Lipinski definition) is 1. The van der Waals surface area contributed by atoms with Crippen LogP contribution in [0.2, 0.25) is 0 Å². The SMILES string of the molecule is CCCC(CBr)(CCC)COc1ccccc1NC(C)=O. The van der Waals surface area contributed by atoms with Crippen molar-refractivity contribution in [2.24, 2.45) is 5.41 Å². The van der Waals surface area contributed by atoms with Gasteiger partial charge >= 0.3 is 0 Å². The molecule has 1 rings (SSSR count). The molecule has 0 radical (unpaired) electrons. The quantitative estimate of drug-likeness (QED) is 0.632. The van der Waals surface area contributed by atoms with Crippen LogP contribution in [0, 0.1) is 5.41 Å². The Morgan fingerprint density at radius 2 is 1.86 bits per heavy atom. The van der Waals surface area contributed by atoms with Crippen LogP contribution in [-0.2, 0) is 4.79 Å². The smallest absolute Gasteiger partial charge is 0.221 e. The zero-order chi connectivity index (χ0) is 15.7. The van der Waals surface area contributed by atoms with E-state index in [1.807, 2.05) is 24.3 Å². The summed E-state index contributed by atoms with van der Waals surface area (Å²) in [6, 6.07) is 7.60. The highest BCUT2D eigenvalue weighted by Gasteiger charge is 2.28. The molecular formula is C17H26BrNO2. The van der Waals surface area contributed by atoms with Gasteiger partial charge in [0.05, 0.1) is 12.3 Å². The third kappa shape index (κ3) is 5.70. The molecule has 0 unspecified atom stereocenters. The highest BCUT2D eigenvalue weighted by atomic mass is 79.9. The summed E-state index contributed by atoms with van der Waals surface area (Å²) in [6.45, 7) is 6.58. The molecule has 118 valence electrons. The van der Waals surface area contributed by atoms with Gasteiger partial charge in [-0.1, -0.05) is 54.8 Å². The fraction of sp³-hybridized carbons (Fsp3) is 0.588. The molecule has 0 fully saturated rings. The van der Waals surface area contributed by atoms with E-state index in [1.165, 1.54) is 6.92 Å². The Hall–Kier alpha value is -1.03. The largest absolute Gasteiger partial charge is 0.491 e. The van der Waals surface area contributed by atoms with Gasteiger partial charge < -0.3 is 10.1 Å². The Balaban J connectivity index is 2.82. The number of anilines is 1. The number of alkyl halides is 1. The van der Waals surface area contributed by atoms with Crippen molar-refractivity contribution in [3.8, 4) is 5.75 Å². The molecular weight excluding hydrogens is 330 g/mol. The first-order valence-corrected chi connectivity index (χ1v) is 8.74. The third-order valence-corrected chi connectivity index (χ3v) is 4.77. The number of carbonyl (C=O) groups is 1. The van der Waals surface area contributed by atoms with E-state index >= 15 is 0 Å². The Morgan fingerprint density at radius 1 is 1.24 bits per heavy atom. The Labute approximate surface area is 136 Å². The minimum absolute atomic E-state index is 0.0834. The number of para-hydroxylation sites is 2. The summed E-state index contributed by atoms with van der Waals surface area (Å²) in [4.78, 5) is 11.3. The van der Waals surface area contributed by atoms with Crippen LogP contribution in [0.25, 0.3) is 0 Å². The maximum Gasteiger partial charge on any atom is 0.221 e. The van der Waals surface area contributed by atoms with Crippen LogP contribution < -0.4 is 10.1 Å². The van der Waals surface area contributed by atoms with Crippen molar-refractivity contribution < 1.29 is 9.53 Å². The van der Waals surface area contributed by atoms with Gasteiger partial charge in [-0.25, -0.2) is 0 Å². The summed E-state index contributed by atoms with van der Waals surface area (Å²) in [5, 5.41) is 3.75. The van der Waals surface area contributed by atoms with Crippen molar-refractivity contribution in [3.63, 3.8) is 0 Å². The molecule has 0 aliphatic rings. The highest BCUT2D eigenvalue weighted by Crippen LogP contribution is 2.34. The molecule has 0 bridgehead atoms. The van der Waals surface area contributed by atoms with E-state index < -0.39 is 0 Å². The van der Waals surface area contributed by atoms with E-state index in [9.17, 15) is 4.79 Å². The number of benzene rings is 1. The first kappa shape index (κ1) is 18.0. The standard InChI is InChI=1S/C17H26BrNO2/c1-4-10-17(12-18,11-5-2)13-21-16-9-7-6-8-15(16)19-14(3)20/h6-9H,4-5,10-13H2,1-3H3,(H,19,20). The van der Waals surface area contributed by atoms with E-state index in [1.54, 1.807) is 0 Å². The maximum absolute atomic E-state index is 11.3. The van der Waals surface area contributed by atoms with E-state index in [2.05, 4.69) is 35.1 Å². The summed E-state index contributed by atoms with van der Waals surface area (Å²) in [6.07, 6.45) is 4.55. The van der Waals surface area contributed by atoms with Crippen LogP contribution in [0.1, 0.15) is 46.5 Å². The summed E-state index contributed by atoms with van der Waals surface area (Å²) < 4.78 is 6.05. The molecule has 1 amide bonds. The number of carbonyl (C=O) groups excluding carboxylic acids is 1. The number of ether oxygens (including phenoxy) is 1. The number of halogens is 1. The van der Waals surface area contributed by atoms with Gasteiger partial charge in [-0.15, -0.1) is 0 Å². The maximum atomic E-state index is 11.3. The fourth-order valence-corrected chi connectivity index (χ4v) is 3.34. The van der Waals surface area contributed by atoms with Crippen LogP contribution in [0.5, 0.6) is 5.75 Å². The molecule has 1 aromatic rings. The van der Waals surface area contributed by atoms with E-state index in [0.717, 1.165) is 42.5 Å². The molecule has 0 heterocycles. The van der Waals surface area contributed by atoms with Crippen molar-refractivity contribution in [2.75, 3.05) is 17.3 Å². The highest BCUT2D eigenvalue weighted by molar-refractivity contribution is 9.09. The van der Waals surface area contributed by atoms with Crippen LogP contribution in [0.3, 0.4) is 0 Å². The fourth-order valence-electron chi connectivity index (χ4n) is 2.62. The second kappa shape index (κ2) is 9.08. The lowest BCUT2D eigenvalue weighted by atomic mass is 9.82. The summed E-state index contributed by atoms with van der Waals surface area (Å²) in [5.41, 5.74) is 0.897. The third-order valence-electron chi connectivity index (χ3n) is 3.58. The predicted molar refractivity (Wildman–Crippen MR) is 92.3 cm³/mol. The van der Waals surface area contributed by atoms with Crippen LogP contribution in [-0.4, -0.2) is 17.8 Å². The van der Waals surface area contributed by atoms with Crippen molar-refractivity contribution in [1.82, 2.24) is 0 Å². The Kier molecular flexibility index (Phi) is 7.79. The van der Waals surface area contributed by atoms with Crippen LogP contribution in [0.4, 0.5) is 5.69 Å². The molecule has 0 saturated carbocycles. The van der Waals surface area contributed by atoms with E-state index in [-0.39, 0.29) is 11.3 Å². The topological polar surface area (TPSA) is 38.3 Å². The monoisotopic (exact) mass is 355 g/mol. The second-order valence-corrected chi connectivity index (χ2v) is 6.16. The molecule has 0 saturated heterocycles. The lowest BCUT2D eigenvalue weighted by Gasteiger charge is -2.31. The summed E-state index contributed by atoms with van der Waals surface area (Å²) >= 11 is 3.66. The molecule has 3 nitrogen and oxygen atoms in total. The van der Waals surface area contributed by atoms with Gasteiger partial charge in [0.1, 0.15) is 5.75 Å². The van der Waals surface area contributed by atoms with Gasteiger partial charge in [-0.2, -0.15) is 0 Å². The Bertz CT molecular complexity index is 442. The molecule has 1 aromatic carbocycles. The molecule has 0 atom stereocenters. The number of hydrogen-bond acceptors (Lipinski definition) is 2. The van der Waals surface area contributed by atoms with Crippen molar-refractivity contribution in [2.45, 2.75) is 46.5 Å². The van der Waals surface area contributed by atoms with Gasteiger partial charge in [0, 0.05) is 17.7 Å². The van der Waals surface area contributed by atoms with Gasteiger partial charge in [0.2, 0.25) is 5.91 Å². The number of rotatable bonds is 9. The normalized spacial score (nSPS) is 11.2. The molecule has 1 N–H and O–H groups in total. The average Bonchev–Trinajstić information content (AvgIpc) is 2.46. The molecule has 0 spiro atoms. The predicted octanol–water partition coefficient (Wildman–Crippen LogP) is 5.01. The van der Waals surface area contributed by atoms with Crippen LogP contribution >= 0.6 is 15.9 Å². The van der Waals surface area contributed by atoms with E-state index in [0.29, 0.717) is 6.61 Å². The molecule has 4 heteroatoms. The zero-order valence-corrected chi connectivity index (χ0v) is 14.8. The lowest BCUT2D eigenvalue weighted by molar-refractivity contribution is -0.114. The summed E-state index contributed by atoms with van der Waals surface area (Å²) in [5.74, 6) is 0.658. The average molecular weight is 356 g/mol. The zero-order valence-electron chi connectivity index (χ0n) is 13.2. The number of nitrogens with one attached hydrogen (secondary N) is 1. The second-order valence-electron chi connectivity index (χ2n) is 5.60. The molecule has 0 aromatic heterocycles. The van der Waals surface area contributed by atoms with Crippen molar-refractivity contribution in [1.29, 1.82) is 0 Å². The molecule has 21 heavy (non-hydrogen) atoms. The first-order valence-electron chi connectivity index (χ1n) is 7.62. The minimum atomic E-state index is -0.0834. The van der Waals surface area contributed by atoms with Gasteiger partial charge in [-0.3, -0.25) is 4.79 Å². The Morgan fingerprint density at radius 3 is 2.38 bits per heavy atom. The minimum Gasteiger partial charge on any atom is -0.491 e. The van der Waals surface area contributed by atoms with Gasteiger partial charge in [-0.05, 0) is 25.0 Å². The van der Waals surface area contributed by atoms with Gasteiger partial charge in [0.15, 0.2) is 0 Å². The first-order chi connectivity index (χ1) is 10.1. The lowest BCUT2D eigenvalue weighted by Crippen LogP contribution is -2.30. The van der Waals surface area contributed by atoms with E-state index in [4.69, 9.17) is 4.74 Å². The van der Waals surface area contributed by atoms with Crippen molar-refractivity contribution >= 4 is 27.5 Å². The molecule has 0 aliphatic carbocycles.